The minimum Gasteiger partial charge on any atom is -0.368 e. The number of anilines is 2. The molecule has 1 aromatic carbocycles. The van der Waals surface area contributed by atoms with Gasteiger partial charge in [0.25, 0.3) is 0 Å². The molecule has 0 radical (unpaired) electrons. The molecular weight excluding hydrogens is 338 g/mol. The summed E-state index contributed by atoms with van der Waals surface area (Å²) in [5.41, 5.74) is 2.44. The first-order chi connectivity index (χ1) is 13.3. The molecule has 2 heterocycles. The Labute approximate surface area is 158 Å². The maximum Gasteiger partial charge on any atom is 0.228 e. The Kier molecular flexibility index (Phi) is 5.32. The zero-order valence-electron chi connectivity index (χ0n) is 15.4. The Bertz CT molecular complexity index is 896. The van der Waals surface area contributed by atoms with Crippen LogP contribution in [-0.2, 0) is 11.2 Å². The minimum atomic E-state index is 0.0732. The summed E-state index contributed by atoms with van der Waals surface area (Å²) >= 11 is 0. The number of carbonyl (C=O) groups excluding carboxylic acids is 1. The molecule has 1 amide bonds. The van der Waals surface area contributed by atoms with Crippen LogP contribution < -0.4 is 10.6 Å². The summed E-state index contributed by atoms with van der Waals surface area (Å²) in [6.45, 7) is 0.768. The lowest BCUT2D eigenvalue weighted by atomic mass is 9.89. The normalized spacial score (nSPS) is 15.0. The molecule has 2 aromatic heterocycles. The van der Waals surface area contributed by atoms with E-state index in [1.165, 1.54) is 17.4 Å². The smallest absolute Gasteiger partial charge is 0.228 e. The van der Waals surface area contributed by atoms with E-state index in [4.69, 9.17) is 0 Å². The number of fused-ring (bicyclic) bond motifs is 1. The number of hydrogen-bond acceptors (Lipinski definition) is 4. The number of amides is 1. The molecule has 0 saturated heterocycles. The monoisotopic (exact) mass is 363 g/mol. The number of aromatic nitrogens is 3. The highest BCUT2D eigenvalue weighted by Gasteiger charge is 2.21. The van der Waals surface area contributed by atoms with E-state index in [0.29, 0.717) is 11.6 Å². The Morgan fingerprint density at radius 3 is 2.63 bits per heavy atom. The summed E-state index contributed by atoms with van der Waals surface area (Å²) in [7, 11) is 0. The standard InChI is InChI=1S/C21H25N5O/c27-21(15-6-2-1-3-7-15)24-20-11-10-19(25-26-20)22-13-12-16-14-23-18-9-5-4-8-17(16)18/h4-5,8-11,14-15,23H,1-3,6-7,12-13H2,(H,22,25)(H,24,26,27). The predicted octanol–water partition coefficient (Wildman–Crippen LogP) is 4.13. The van der Waals surface area contributed by atoms with Crippen LogP contribution in [0.2, 0.25) is 0 Å². The van der Waals surface area contributed by atoms with Gasteiger partial charge in [-0.15, -0.1) is 10.2 Å². The first-order valence-electron chi connectivity index (χ1n) is 9.73. The molecular formula is C21H25N5O. The van der Waals surface area contributed by atoms with Crippen LogP contribution in [0.25, 0.3) is 10.9 Å². The summed E-state index contributed by atoms with van der Waals surface area (Å²) in [6, 6.07) is 12.0. The van der Waals surface area contributed by atoms with Crippen LogP contribution in [-0.4, -0.2) is 27.6 Å². The Hall–Kier alpha value is -2.89. The average Bonchev–Trinajstić information content (AvgIpc) is 3.13. The summed E-state index contributed by atoms with van der Waals surface area (Å²) in [6.07, 6.45) is 8.43. The van der Waals surface area contributed by atoms with Gasteiger partial charge in [0.1, 0.15) is 5.82 Å². The van der Waals surface area contributed by atoms with Gasteiger partial charge in [0.2, 0.25) is 5.91 Å². The van der Waals surface area contributed by atoms with Crippen LogP contribution in [0.1, 0.15) is 37.7 Å². The fraction of sp³-hybridized carbons (Fsp3) is 0.381. The number of H-pyrrole nitrogens is 1. The first kappa shape index (κ1) is 17.5. The van der Waals surface area contributed by atoms with Crippen molar-refractivity contribution in [2.45, 2.75) is 38.5 Å². The lowest BCUT2D eigenvalue weighted by molar-refractivity contribution is -0.120. The number of nitrogens with one attached hydrogen (secondary N) is 3. The van der Waals surface area contributed by atoms with Crippen molar-refractivity contribution in [3.63, 3.8) is 0 Å². The van der Waals surface area contributed by atoms with Crippen LogP contribution in [0.15, 0.2) is 42.6 Å². The molecule has 3 N–H and O–H groups in total. The lowest BCUT2D eigenvalue weighted by Crippen LogP contribution is -2.25. The van der Waals surface area contributed by atoms with E-state index in [1.54, 1.807) is 0 Å². The van der Waals surface area contributed by atoms with Gasteiger partial charge in [0.05, 0.1) is 0 Å². The molecule has 0 atom stereocenters. The van der Waals surface area contributed by atoms with Gasteiger partial charge in [0.15, 0.2) is 5.82 Å². The largest absolute Gasteiger partial charge is 0.368 e. The first-order valence-corrected chi connectivity index (χ1v) is 9.73. The van der Waals surface area contributed by atoms with Gasteiger partial charge in [0, 0.05) is 29.6 Å². The highest BCUT2D eigenvalue weighted by Crippen LogP contribution is 2.24. The number of hydrogen-bond donors (Lipinski definition) is 3. The molecule has 1 saturated carbocycles. The van der Waals surface area contributed by atoms with Crippen molar-refractivity contribution in [3.8, 4) is 0 Å². The van der Waals surface area contributed by atoms with Gasteiger partial charge in [-0.3, -0.25) is 4.79 Å². The zero-order chi connectivity index (χ0) is 18.5. The second kappa shape index (κ2) is 8.20. The van der Waals surface area contributed by atoms with Gasteiger partial charge >= 0.3 is 0 Å². The van der Waals surface area contributed by atoms with Gasteiger partial charge in [-0.05, 0) is 43.0 Å². The Balaban J connectivity index is 1.28. The number of para-hydroxylation sites is 1. The van der Waals surface area contributed by atoms with Crippen LogP contribution >= 0.6 is 0 Å². The summed E-state index contributed by atoms with van der Waals surface area (Å²) in [5, 5.41) is 15.7. The summed E-state index contributed by atoms with van der Waals surface area (Å²) < 4.78 is 0. The molecule has 0 bridgehead atoms. The van der Waals surface area contributed by atoms with Crippen LogP contribution in [0.3, 0.4) is 0 Å². The van der Waals surface area contributed by atoms with Crippen molar-refractivity contribution < 1.29 is 4.79 Å². The molecule has 0 spiro atoms. The third-order valence-corrected chi connectivity index (χ3v) is 5.27. The number of aromatic amines is 1. The van der Waals surface area contributed by atoms with Crippen molar-refractivity contribution in [1.82, 2.24) is 15.2 Å². The van der Waals surface area contributed by atoms with E-state index in [0.717, 1.165) is 44.2 Å². The quantitative estimate of drug-likeness (QED) is 0.615. The van der Waals surface area contributed by atoms with Crippen molar-refractivity contribution in [1.29, 1.82) is 0 Å². The van der Waals surface area contributed by atoms with E-state index < -0.39 is 0 Å². The molecule has 0 unspecified atom stereocenters. The molecule has 1 aliphatic rings. The number of carbonyl (C=O) groups is 1. The fourth-order valence-corrected chi connectivity index (χ4v) is 3.75. The van der Waals surface area contributed by atoms with Crippen molar-refractivity contribution in [2.75, 3.05) is 17.2 Å². The van der Waals surface area contributed by atoms with E-state index in [1.807, 2.05) is 18.2 Å². The average molecular weight is 363 g/mol. The molecule has 6 heteroatoms. The predicted molar refractivity (Wildman–Crippen MR) is 108 cm³/mol. The molecule has 4 rings (SSSR count). The molecule has 0 aliphatic heterocycles. The zero-order valence-corrected chi connectivity index (χ0v) is 15.4. The van der Waals surface area contributed by atoms with Crippen LogP contribution in [0, 0.1) is 5.92 Å². The maximum atomic E-state index is 12.3. The number of rotatable bonds is 6. The highest BCUT2D eigenvalue weighted by atomic mass is 16.1. The topological polar surface area (TPSA) is 82.7 Å². The number of nitrogens with zero attached hydrogens (tertiary/aromatic N) is 2. The molecule has 140 valence electrons. The minimum absolute atomic E-state index is 0.0732. The van der Waals surface area contributed by atoms with Crippen molar-refractivity contribution in [3.05, 3.63) is 48.2 Å². The third kappa shape index (κ3) is 4.27. The van der Waals surface area contributed by atoms with Crippen molar-refractivity contribution >= 4 is 28.4 Å². The fourth-order valence-electron chi connectivity index (χ4n) is 3.75. The van der Waals surface area contributed by atoms with Gasteiger partial charge in [-0.1, -0.05) is 37.5 Å². The number of benzene rings is 1. The third-order valence-electron chi connectivity index (χ3n) is 5.27. The summed E-state index contributed by atoms with van der Waals surface area (Å²) in [4.78, 5) is 15.6. The van der Waals surface area contributed by atoms with E-state index in [-0.39, 0.29) is 11.8 Å². The second-order valence-electron chi connectivity index (χ2n) is 7.16. The Morgan fingerprint density at radius 1 is 1.04 bits per heavy atom. The second-order valence-corrected chi connectivity index (χ2v) is 7.16. The SMILES string of the molecule is O=C(Nc1ccc(NCCc2c[nH]c3ccccc23)nn1)C1CCCCC1. The van der Waals surface area contributed by atoms with Crippen LogP contribution in [0.4, 0.5) is 11.6 Å². The summed E-state index contributed by atoms with van der Waals surface area (Å²) in [5.74, 6) is 1.43. The Morgan fingerprint density at radius 2 is 1.81 bits per heavy atom. The lowest BCUT2D eigenvalue weighted by Gasteiger charge is -2.20. The van der Waals surface area contributed by atoms with Gasteiger partial charge in [-0.25, -0.2) is 0 Å². The van der Waals surface area contributed by atoms with Gasteiger partial charge < -0.3 is 15.6 Å². The van der Waals surface area contributed by atoms with Gasteiger partial charge in [-0.2, -0.15) is 0 Å². The van der Waals surface area contributed by atoms with Crippen LogP contribution in [0.5, 0.6) is 0 Å². The molecule has 6 nitrogen and oxygen atoms in total. The molecule has 1 fully saturated rings. The molecule has 1 aliphatic carbocycles. The highest BCUT2D eigenvalue weighted by molar-refractivity contribution is 5.91. The van der Waals surface area contributed by atoms with E-state index in [2.05, 4.69) is 50.2 Å². The van der Waals surface area contributed by atoms with E-state index >= 15 is 0 Å². The maximum absolute atomic E-state index is 12.3. The molecule has 3 aromatic rings. The van der Waals surface area contributed by atoms with E-state index in [9.17, 15) is 4.79 Å². The van der Waals surface area contributed by atoms with Crippen molar-refractivity contribution in [2.24, 2.45) is 5.92 Å². The molecule has 27 heavy (non-hydrogen) atoms.